The first-order valence-electron chi connectivity index (χ1n) is 6.56. The Labute approximate surface area is 99.3 Å². The molecule has 94 valence electrons. The van der Waals surface area contributed by atoms with Crippen LogP contribution < -0.4 is 5.73 Å². The van der Waals surface area contributed by atoms with Gasteiger partial charge in [0.05, 0.1) is 6.61 Å². The Morgan fingerprint density at radius 1 is 1.31 bits per heavy atom. The van der Waals surface area contributed by atoms with Gasteiger partial charge in [0, 0.05) is 31.7 Å². The third-order valence-electron chi connectivity index (χ3n) is 4.16. The SMILES string of the molecule is CC1(C)CCCN(CC2(CN)CCOC2)C1. The minimum Gasteiger partial charge on any atom is -0.381 e. The summed E-state index contributed by atoms with van der Waals surface area (Å²) in [7, 11) is 0. The van der Waals surface area contributed by atoms with Gasteiger partial charge in [0.25, 0.3) is 0 Å². The van der Waals surface area contributed by atoms with E-state index >= 15 is 0 Å². The Morgan fingerprint density at radius 2 is 2.12 bits per heavy atom. The molecule has 0 radical (unpaired) electrons. The van der Waals surface area contributed by atoms with Gasteiger partial charge in [-0.3, -0.25) is 0 Å². The van der Waals surface area contributed by atoms with E-state index in [2.05, 4.69) is 18.7 Å². The average Bonchev–Trinajstić information content (AvgIpc) is 2.65. The van der Waals surface area contributed by atoms with Gasteiger partial charge in [0.15, 0.2) is 0 Å². The number of nitrogens with zero attached hydrogens (tertiary/aromatic N) is 1. The summed E-state index contributed by atoms with van der Waals surface area (Å²) in [6, 6.07) is 0. The van der Waals surface area contributed by atoms with Crippen molar-refractivity contribution in [3.05, 3.63) is 0 Å². The highest BCUT2D eigenvalue weighted by molar-refractivity contribution is 4.90. The summed E-state index contributed by atoms with van der Waals surface area (Å²) in [5.41, 5.74) is 6.67. The molecule has 2 rings (SSSR count). The smallest absolute Gasteiger partial charge is 0.0547 e. The number of nitrogens with two attached hydrogens (primary N) is 1. The molecule has 3 heteroatoms. The molecule has 2 aliphatic rings. The number of likely N-dealkylation sites (tertiary alicyclic amines) is 1. The second-order valence-corrected chi connectivity index (χ2v) is 6.49. The Morgan fingerprint density at radius 3 is 2.69 bits per heavy atom. The molecule has 0 aromatic heterocycles. The molecule has 0 amide bonds. The van der Waals surface area contributed by atoms with Gasteiger partial charge in [-0.15, -0.1) is 0 Å². The second-order valence-electron chi connectivity index (χ2n) is 6.49. The van der Waals surface area contributed by atoms with Gasteiger partial charge in [-0.1, -0.05) is 13.8 Å². The number of hydrogen-bond acceptors (Lipinski definition) is 3. The van der Waals surface area contributed by atoms with Crippen LogP contribution in [0, 0.1) is 10.8 Å². The van der Waals surface area contributed by atoms with Crippen LogP contribution >= 0.6 is 0 Å². The van der Waals surface area contributed by atoms with Crippen molar-refractivity contribution in [1.29, 1.82) is 0 Å². The molecule has 2 N–H and O–H groups in total. The van der Waals surface area contributed by atoms with E-state index in [0.717, 1.165) is 32.7 Å². The molecule has 0 spiro atoms. The van der Waals surface area contributed by atoms with E-state index in [4.69, 9.17) is 10.5 Å². The lowest BCUT2D eigenvalue weighted by molar-refractivity contribution is 0.0621. The molecular weight excluding hydrogens is 200 g/mol. The molecular formula is C13H26N2O. The van der Waals surface area contributed by atoms with Crippen molar-refractivity contribution in [2.75, 3.05) is 39.4 Å². The van der Waals surface area contributed by atoms with Crippen molar-refractivity contribution in [3.8, 4) is 0 Å². The Balaban J connectivity index is 1.93. The topological polar surface area (TPSA) is 38.5 Å². The van der Waals surface area contributed by atoms with Gasteiger partial charge in [0.1, 0.15) is 0 Å². The van der Waals surface area contributed by atoms with Crippen LogP contribution in [0.1, 0.15) is 33.1 Å². The molecule has 2 fully saturated rings. The molecule has 2 saturated heterocycles. The van der Waals surface area contributed by atoms with Crippen LogP contribution in [0.5, 0.6) is 0 Å². The van der Waals surface area contributed by atoms with E-state index in [1.165, 1.54) is 25.9 Å². The normalized spacial score (nSPS) is 35.4. The lowest BCUT2D eigenvalue weighted by Crippen LogP contribution is -2.48. The summed E-state index contributed by atoms with van der Waals surface area (Å²) in [6.45, 7) is 10.9. The van der Waals surface area contributed by atoms with Crippen LogP contribution in [0.25, 0.3) is 0 Å². The van der Waals surface area contributed by atoms with Crippen molar-refractivity contribution in [2.24, 2.45) is 16.6 Å². The monoisotopic (exact) mass is 226 g/mol. The zero-order valence-corrected chi connectivity index (χ0v) is 10.8. The van der Waals surface area contributed by atoms with Crippen molar-refractivity contribution in [3.63, 3.8) is 0 Å². The summed E-state index contributed by atoms with van der Waals surface area (Å²) < 4.78 is 5.54. The zero-order chi connectivity index (χ0) is 11.6. The Bertz CT molecular complexity index is 234. The minimum absolute atomic E-state index is 0.243. The summed E-state index contributed by atoms with van der Waals surface area (Å²) >= 11 is 0. The molecule has 2 heterocycles. The van der Waals surface area contributed by atoms with E-state index < -0.39 is 0 Å². The first kappa shape index (κ1) is 12.3. The van der Waals surface area contributed by atoms with Gasteiger partial charge in [-0.25, -0.2) is 0 Å². The van der Waals surface area contributed by atoms with Gasteiger partial charge >= 0.3 is 0 Å². The van der Waals surface area contributed by atoms with Crippen LogP contribution in [-0.4, -0.2) is 44.3 Å². The average molecular weight is 226 g/mol. The van der Waals surface area contributed by atoms with Crippen LogP contribution in [0.3, 0.4) is 0 Å². The Hall–Kier alpha value is -0.120. The largest absolute Gasteiger partial charge is 0.381 e. The number of piperidine rings is 1. The van der Waals surface area contributed by atoms with Gasteiger partial charge in [-0.05, 0) is 31.2 Å². The third-order valence-corrected chi connectivity index (χ3v) is 4.16. The van der Waals surface area contributed by atoms with Crippen molar-refractivity contribution in [2.45, 2.75) is 33.1 Å². The maximum absolute atomic E-state index is 5.95. The second kappa shape index (κ2) is 4.63. The summed E-state index contributed by atoms with van der Waals surface area (Å²) in [5.74, 6) is 0. The predicted molar refractivity (Wildman–Crippen MR) is 66.4 cm³/mol. The van der Waals surface area contributed by atoms with Crippen LogP contribution in [0.4, 0.5) is 0 Å². The summed E-state index contributed by atoms with van der Waals surface area (Å²) in [5, 5.41) is 0. The predicted octanol–water partition coefficient (Wildman–Crippen LogP) is 1.47. The van der Waals surface area contributed by atoms with Crippen molar-refractivity contribution < 1.29 is 4.74 Å². The molecule has 0 bridgehead atoms. The third kappa shape index (κ3) is 2.76. The Kier molecular flexibility index (Phi) is 3.57. The van der Waals surface area contributed by atoms with E-state index in [0.29, 0.717) is 5.41 Å². The zero-order valence-electron chi connectivity index (χ0n) is 10.8. The first-order valence-corrected chi connectivity index (χ1v) is 6.56. The quantitative estimate of drug-likeness (QED) is 0.792. The maximum atomic E-state index is 5.95. The van der Waals surface area contributed by atoms with Crippen LogP contribution in [0.15, 0.2) is 0 Å². The van der Waals surface area contributed by atoms with Crippen molar-refractivity contribution >= 4 is 0 Å². The van der Waals surface area contributed by atoms with E-state index in [-0.39, 0.29) is 5.41 Å². The molecule has 1 atom stereocenters. The van der Waals surface area contributed by atoms with Gasteiger partial charge in [-0.2, -0.15) is 0 Å². The van der Waals surface area contributed by atoms with Crippen LogP contribution in [-0.2, 0) is 4.74 Å². The highest BCUT2D eigenvalue weighted by Gasteiger charge is 2.37. The fourth-order valence-corrected chi connectivity index (χ4v) is 3.15. The molecule has 0 aliphatic carbocycles. The lowest BCUT2D eigenvalue weighted by Gasteiger charge is -2.42. The summed E-state index contributed by atoms with van der Waals surface area (Å²) in [6.07, 6.45) is 3.82. The molecule has 1 unspecified atom stereocenters. The molecule has 0 aromatic rings. The number of hydrogen-bond donors (Lipinski definition) is 1. The first-order chi connectivity index (χ1) is 7.55. The van der Waals surface area contributed by atoms with Gasteiger partial charge in [0.2, 0.25) is 0 Å². The summed E-state index contributed by atoms with van der Waals surface area (Å²) in [4.78, 5) is 2.60. The number of ether oxygens (including phenoxy) is 1. The van der Waals surface area contributed by atoms with E-state index in [9.17, 15) is 0 Å². The molecule has 3 nitrogen and oxygen atoms in total. The van der Waals surface area contributed by atoms with Crippen molar-refractivity contribution in [1.82, 2.24) is 4.90 Å². The molecule has 0 aromatic carbocycles. The fourth-order valence-electron chi connectivity index (χ4n) is 3.15. The highest BCUT2D eigenvalue weighted by Crippen LogP contribution is 2.33. The number of rotatable bonds is 3. The standard InChI is InChI=1S/C13H26N2O/c1-12(2)4-3-6-15(9-12)10-13(8-14)5-7-16-11-13/h3-11,14H2,1-2H3. The molecule has 2 aliphatic heterocycles. The fraction of sp³-hybridized carbons (Fsp3) is 1.00. The lowest BCUT2D eigenvalue weighted by atomic mass is 9.81. The molecule has 16 heavy (non-hydrogen) atoms. The maximum Gasteiger partial charge on any atom is 0.0547 e. The van der Waals surface area contributed by atoms with E-state index in [1.54, 1.807) is 0 Å². The van der Waals surface area contributed by atoms with E-state index in [1.807, 2.05) is 0 Å². The van der Waals surface area contributed by atoms with Crippen LogP contribution in [0.2, 0.25) is 0 Å². The van der Waals surface area contributed by atoms with Gasteiger partial charge < -0.3 is 15.4 Å². The molecule has 0 saturated carbocycles. The highest BCUT2D eigenvalue weighted by atomic mass is 16.5. The minimum atomic E-state index is 0.243.